The van der Waals surface area contributed by atoms with Crippen molar-refractivity contribution >= 4 is 23.2 Å². The standard InChI is InChI=1S/C15H21Cl2NO2/c1-2-3-6-19-8-5-18-14-4-7-20-15-12(14)9-11(16)10-13(15)17/h9-10,14,18H,2-8H2,1H3. The van der Waals surface area contributed by atoms with Crippen LogP contribution in [-0.4, -0.2) is 26.4 Å². The molecule has 1 aliphatic heterocycles. The van der Waals surface area contributed by atoms with Gasteiger partial charge in [0.25, 0.3) is 0 Å². The van der Waals surface area contributed by atoms with Gasteiger partial charge in [-0.2, -0.15) is 0 Å². The first kappa shape index (κ1) is 15.9. The Balaban J connectivity index is 1.88. The quantitative estimate of drug-likeness (QED) is 0.764. The molecule has 20 heavy (non-hydrogen) atoms. The van der Waals surface area contributed by atoms with Crippen LogP contribution in [0.3, 0.4) is 0 Å². The van der Waals surface area contributed by atoms with Gasteiger partial charge in [0, 0.05) is 36.2 Å². The maximum Gasteiger partial charge on any atom is 0.142 e. The highest BCUT2D eigenvalue weighted by atomic mass is 35.5. The summed E-state index contributed by atoms with van der Waals surface area (Å²) in [6.45, 7) is 5.20. The van der Waals surface area contributed by atoms with Crippen molar-refractivity contribution in [3.63, 3.8) is 0 Å². The molecule has 1 aromatic carbocycles. The Morgan fingerprint density at radius 1 is 1.35 bits per heavy atom. The molecular weight excluding hydrogens is 297 g/mol. The summed E-state index contributed by atoms with van der Waals surface area (Å²) >= 11 is 12.2. The summed E-state index contributed by atoms with van der Waals surface area (Å²) in [5.41, 5.74) is 1.04. The molecule has 0 radical (unpaired) electrons. The summed E-state index contributed by atoms with van der Waals surface area (Å²) in [7, 11) is 0. The second kappa shape index (κ2) is 8.08. The van der Waals surface area contributed by atoms with Crippen molar-refractivity contribution < 1.29 is 9.47 Å². The van der Waals surface area contributed by atoms with Crippen LogP contribution >= 0.6 is 23.2 Å². The first-order valence-corrected chi connectivity index (χ1v) is 7.91. The minimum Gasteiger partial charge on any atom is -0.492 e. The SMILES string of the molecule is CCCCOCCNC1CCOc2c(Cl)cc(Cl)cc21. The van der Waals surface area contributed by atoms with Gasteiger partial charge in [0.05, 0.1) is 18.2 Å². The van der Waals surface area contributed by atoms with E-state index in [1.807, 2.05) is 6.07 Å². The third-order valence-electron chi connectivity index (χ3n) is 3.34. The van der Waals surface area contributed by atoms with Gasteiger partial charge in [-0.3, -0.25) is 0 Å². The van der Waals surface area contributed by atoms with E-state index < -0.39 is 0 Å². The fourth-order valence-corrected chi connectivity index (χ4v) is 2.86. The fraction of sp³-hybridized carbons (Fsp3) is 0.600. The number of unbranched alkanes of at least 4 members (excludes halogenated alkanes) is 1. The number of rotatable bonds is 7. The normalized spacial score (nSPS) is 17.6. The molecule has 0 saturated carbocycles. The molecule has 0 amide bonds. The van der Waals surface area contributed by atoms with Gasteiger partial charge in [-0.1, -0.05) is 36.5 Å². The molecule has 0 fully saturated rings. The van der Waals surface area contributed by atoms with Crippen LogP contribution in [-0.2, 0) is 4.74 Å². The van der Waals surface area contributed by atoms with Crippen LogP contribution in [0.2, 0.25) is 10.0 Å². The zero-order chi connectivity index (χ0) is 14.4. The Bertz CT molecular complexity index is 440. The second-order valence-corrected chi connectivity index (χ2v) is 5.76. The molecule has 1 atom stereocenters. The lowest BCUT2D eigenvalue weighted by molar-refractivity contribution is 0.128. The molecule has 0 spiro atoms. The third kappa shape index (κ3) is 4.26. The van der Waals surface area contributed by atoms with E-state index in [9.17, 15) is 0 Å². The third-order valence-corrected chi connectivity index (χ3v) is 3.84. The van der Waals surface area contributed by atoms with E-state index in [2.05, 4.69) is 12.2 Å². The van der Waals surface area contributed by atoms with Crippen molar-refractivity contribution in [3.05, 3.63) is 27.7 Å². The van der Waals surface area contributed by atoms with E-state index in [1.54, 1.807) is 6.07 Å². The number of nitrogens with one attached hydrogen (secondary N) is 1. The summed E-state index contributed by atoms with van der Waals surface area (Å²) in [5, 5.41) is 4.71. The van der Waals surface area contributed by atoms with Crippen molar-refractivity contribution in [2.24, 2.45) is 0 Å². The highest BCUT2D eigenvalue weighted by Crippen LogP contribution is 2.39. The summed E-state index contributed by atoms with van der Waals surface area (Å²) in [4.78, 5) is 0. The molecule has 1 unspecified atom stereocenters. The van der Waals surface area contributed by atoms with E-state index in [1.165, 1.54) is 0 Å². The van der Waals surface area contributed by atoms with E-state index in [0.29, 0.717) is 16.7 Å². The van der Waals surface area contributed by atoms with Crippen LogP contribution in [0.25, 0.3) is 0 Å². The zero-order valence-corrected chi connectivity index (χ0v) is 13.3. The van der Waals surface area contributed by atoms with Crippen LogP contribution in [0.4, 0.5) is 0 Å². The number of hydrogen-bond donors (Lipinski definition) is 1. The molecule has 0 saturated heterocycles. The predicted octanol–water partition coefficient (Wildman–Crippen LogP) is 4.22. The number of hydrogen-bond acceptors (Lipinski definition) is 3. The smallest absolute Gasteiger partial charge is 0.142 e. The van der Waals surface area contributed by atoms with Crippen LogP contribution < -0.4 is 10.1 Å². The summed E-state index contributed by atoms with van der Waals surface area (Å²) in [6.07, 6.45) is 3.20. The average Bonchev–Trinajstić information content (AvgIpc) is 2.43. The van der Waals surface area contributed by atoms with Crippen molar-refractivity contribution in [2.45, 2.75) is 32.2 Å². The number of ether oxygens (including phenoxy) is 2. The van der Waals surface area contributed by atoms with Gasteiger partial charge in [-0.25, -0.2) is 0 Å². The molecule has 2 rings (SSSR count). The summed E-state index contributed by atoms with van der Waals surface area (Å²) < 4.78 is 11.2. The predicted molar refractivity (Wildman–Crippen MR) is 83.0 cm³/mol. The number of fused-ring (bicyclic) bond motifs is 1. The van der Waals surface area contributed by atoms with Crippen LogP contribution in [0.5, 0.6) is 5.75 Å². The van der Waals surface area contributed by atoms with Gasteiger partial charge in [0.1, 0.15) is 5.75 Å². The molecule has 1 aromatic rings. The van der Waals surface area contributed by atoms with Gasteiger partial charge >= 0.3 is 0 Å². The first-order valence-electron chi connectivity index (χ1n) is 7.15. The molecule has 1 heterocycles. The molecule has 3 nitrogen and oxygen atoms in total. The molecule has 0 aromatic heterocycles. The maximum atomic E-state index is 6.17. The fourth-order valence-electron chi connectivity index (χ4n) is 2.29. The first-order chi connectivity index (χ1) is 9.72. The van der Waals surface area contributed by atoms with Crippen LogP contribution in [0, 0.1) is 0 Å². The van der Waals surface area contributed by atoms with Crippen LogP contribution in [0.1, 0.15) is 37.8 Å². The Labute approximate surface area is 130 Å². The van der Waals surface area contributed by atoms with Crippen molar-refractivity contribution in [1.29, 1.82) is 0 Å². The van der Waals surface area contributed by atoms with Crippen molar-refractivity contribution in [3.8, 4) is 5.75 Å². The summed E-state index contributed by atoms with van der Waals surface area (Å²) in [6, 6.07) is 3.88. The van der Waals surface area contributed by atoms with Gasteiger partial charge in [-0.15, -0.1) is 0 Å². The van der Waals surface area contributed by atoms with E-state index in [4.69, 9.17) is 32.7 Å². The Morgan fingerprint density at radius 3 is 3.00 bits per heavy atom. The lowest BCUT2D eigenvalue weighted by atomic mass is 10.0. The lowest BCUT2D eigenvalue weighted by Crippen LogP contribution is -2.30. The largest absolute Gasteiger partial charge is 0.492 e. The van der Waals surface area contributed by atoms with E-state index in [-0.39, 0.29) is 6.04 Å². The second-order valence-electron chi connectivity index (χ2n) is 4.92. The zero-order valence-electron chi connectivity index (χ0n) is 11.8. The topological polar surface area (TPSA) is 30.5 Å². The minimum atomic E-state index is 0.227. The minimum absolute atomic E-state index is 0.227. The Hall–Kier alpha value is -0.480. The molecule has 5 heteroatoms. The summed E-state index contributed by atoms with van der Waals surface area (Å²) in [5.74, 6) is 0.756. The van der Waals surface area contributed by atoms with Crippen molar-refractivity contribution in [1.82, 2.24) is 5.32 Å². The van der Waals surface area contributed by atoms with Crippen molar-refractivity contribution in [2.75, 3.05) is 26.4 Å². The van der Waals surface area contributed by atoms with E-state index in [0.717, 1.165) is 50.3 Å². The lowest BCUT2D eigenvalue weighted by Gasteiger charge is -2.27. The molecular formula is C15H21Cl2NO2. The highest BCUT2D eigenvalue weighted by molar-refractivity contribution is 6.35. The van der Waals surface area contributed by atoms with Gasteiger partial charge in [0.2, 0.25) is 0 Å². The molecule has 0 aliphatic carbocycles. The molecule has 0 bridgehead atoms. The average molecular weight is 318 g/mol. The number of benzene rings is 1. The number of halogens is 2. The Morgan fingerprint density at radius 2 is 2.20 bits per heavy atom. The van der Waals surface area contributed by atoms with Gasteiger partial charge < -0.3 is 14.8 Å². The molecule has 112 valence electrons. The maximum absolute atomic E-state index is 6.17. The molecule has 1 N–H and O–H groups in total. The van der Waals surface area contributed by atoms with Gasteiger partial charge in [-0.05, 0) is 18.6 Å². The monoisotopic (exact) mass is 317 g/mol. The highest BCUT2D eigenvalue weighted by Gasteiger charge is 2.23. The van der Waals surface area contributed by atoms with Gasteiger partial charge in [0.15, 0.2) is 0 Å². The molecule has 1 aliphatic rings. The van der Waals surface area contributed by atoms with E-state index >= 15 is 0 Å². The van der Waals surface area contributed by atoms with Crippen LogP contribution in [0.15, 0.2) is 12.1 Å². The Kier molecular flexibility index (Phi) is 6.43.